The van der Waals surface area contributed by atoms with Crippen molar-refractivity contribution < 1.29 is 18.7 Å². The Labute approximate surface area is 98.1 Å². The number of carbonyl (C=O) groups is 1. The summed E-state index contributed by atoms with van der Waals surface area (Å²) in [6.07, 6.45) is 0. The van der Waals surface area contributed by atoms with Gasteiger partial charge in [-0.25, -0.2) is 9.18 Å². The average molecular weight is 247 g/mol. The van der Waals surface area contributed by atoms with Crippen LogP contribution in [0.5, 0.6) is 5.75 Å². The van der Waals surface area contributed by atoms with Gasteiger partial charge in [-0.3, -0.25) is 0 Å². The highest BCUT2D eigenvalue weighted by atomic mass is 35.5. The number of halogens is 2. The Morgan fingerprint density at radius 3 is 2.62 bits per heavy atom. The van der Waals surface area contributed by atoms with Gasteiger partial charge in [0.25, 0.3) is 0 Å². The summed E-state index contributed by atoms with van der Waals surface area (Å²) in [6.45, 7) is 3.88. The molecule has 1 rings (SSSR count). The van der Waals surface area contributed by atoms with E-state index in [9.17, 15) is 9.18 Å². The van der Waals surface area contributed by atoms with Gasteiger partial charge in [0.05, 0.1) is 18.8 Å². The summed E-state index contributed by atoms with van der Waals surface area (Å²) >= 11 is 5.86. The molecule has 0 unspecified atom stereocenters. The molecule has 0 heterocycles. The number of esters is 1. The third-order valence-corrected chi connectivity index (χ3v) is 2.21. The lowest BCUT2D eigenvalue weighted by Gasteiger charge is -2.10. The Bertz CT molecular complexity index is 393. The SMILES string of the molecule is CCOC(=O)c1ccc(F)c(OCC)c1Cl. The molecular formula is C11H12ClFO3. The summed E-state index contributed by atoms with van der Waals surface area (Å²) in [5.74, 6) is -1.30. The lowest BCUT2D eigenvalue weighted by molar-refractivity contribution is 0.0526. The first kappa shape index (κ1) is 12.8. The van der Waals surface area contributed by atoms with Crippen molar-refractivity contribution in [3.05, 3.63) is 28.5 Å². The van der Waals surface area contributed by atoms with Crippen LogP contribution in [0.3, 0.4) is 0 Å². The molecule has 0 saturated heterocycles. The Balaban J connectivity index is 3.12. The van der Waals surface area contributed by atoms with Crippen LogP contribution < -0.4 is 4.74 Å². The van der Waals surface area contributed by atoms with Crippen LogP contribution in [0.2, 0.25) is 5.02 Å². The monoisotopic (exact) mass is 246 g/mol. The molecule has 0 radical (unpaired) electrons. The summed E-state index contributed by atoms with van der Waals surface area (Å²) in [5.41, 5.74) is 0.105. The van der Waals surface area contributed by atoms with Crippen LogP contribution in [0.15, 0.2) is 12.1 Å². The molecule has 0 saturated carbocycles. The van der Waals surface area contributed by atoms with Crippen molar-refractivity contribution in [2.75, 3.05) is 13.2 Å². The van der Waals surface area contributed by atoms with Gasteiger partial charge in [-0.1, -0.05) is 11.6 Å². The van der Waals surface area contributed by atoms with E-state index in [-0.39, 0.29) is 29.5 Å². The topological polar surface area (TPSA) is 35.5 Å². The number of hydrogen-bond acceptors (Lipinski definition) is 3. The van der Waals surface area contributed by atoms with Gasteiger partial charge in [0.1, 0.15) is 5.02 Å². The lowest BCUT2D eigenvalue weighted by atomic mass is 10.2. The quantitative estimate of drug-likeness (QED) is 0.766. The number of hydrogen-bond donors (Lipinski definition) is 0. The van der Waals surface area contributed by atoms with Gasteiger partial charge in [-0.05, 0) is 26.0 Å². The zero-order valence-electron chi connectivity index (χ0n) is 9.05. The maximum Gasteiger partial charge on any atom is 0.339 e. The molecule has 1 aromatic carbocycles. The summed E-state index contributed by atoms with van der Waals surface area (Å²) in [4.78, 5) is 11.4. The van der Waals surface area contributed by atoms with Crippen LogP contribution in [0.1, 0.15) is 24.2 Å². The molecule has 0 aliphatic rings. The molecule has 0 aliphatic heterocycles. The average Bonchev–Trinajstić information content (AvgIpc) is 2.24. The Hall–Kier alpha value is -1.29. The van der Waals surface area contributed by atoms with Crippen molar-refractivity contribution in [3.63, 3.8) is 0 Å². The number of benzene rings is 1. The number of ether oxygens (including phenoxy) is 2. The summed E-state index contributed by atoms with van der Waals surface area (Å²) in [5, 5.41) is -0.0553. The van der Waals surface area contributed by atoms with Crippen molar-refractivity contribution in [2.24, 2.45) is 0 Å². The first-order chi connectivity index (χ1) is 7.61. The van der Waals surface area contributed by atoms with Gasteiger partial charge >= 0.3 is 5.97 Å². The van der Waals surface area contributed by atoms with Crippen LogP contribution in [0.4, 0.5) is 4.39 Å². The molecule has 1 aromatic rings. The van der Waals surface area contributed by atoms with Crippen molar-refractivity contribution in [3.8, 4) is 5.75 Å². The van der Waals surface area contributed by atoms with E-state index in [2.05, 4.69) is 0 Å². The molecular weight excluding hydrogens is 235 g/mol. The first-order valence-corrected chi connectivity index (χ1v) is 5.27. The lowest BCUT2D eigenvalue weighted by Crippen LogP contribution is -2.07. The van der Waals surface area contributed by atoms with Gasteiger partial charge in [0.2, 0.25) is 0 Å². The molecule has 16 heavy (non-hydrogen) atoms. The largest absolute Gasteiger partial charge is 0.489 e. The second-order valence-corrected chi connectivity index (χ2v) is 3.27. The van der Waals surface area contributed by atoms with E-state index >= 15 is 0 Å². The maximum atomic E-state index is 13.3. The van der Waals surface area contributed by atoms with Gasteiger partial charge in [-0.2, -0.15) is 0 Å². The predicted octanol–water partition coefficient (Wildman–Crippen LogP) is 3.05. The molecule has 0 amide bonds. The smallest absolute Gasteiger partial charge is 0.339 e. The molecule has 0 bridgehead atoms. The van der Waals surface area contributed by atoms with Crippen molar-refractivity contribution >= 4 is 17.6 Å². The van der Waals surface area contributed by atoms with E-state index in [0.29, 0.717) is 0 Å². The van der Waals surface area contributed by atoms with Gasteiger partial charge in [-0.15, -0.1) is 0 Å². The third-order valence-electron chi connectivity index (χ3n) is 1.83. The van der Waals surface area contributed by atoms with Crippen LogP contribution in [-0.4, -0.2) is 19.2 Å². The zero-order chi connectivity index (χ0) is 12.1. The van der Waals surface area contributed by atoms with Gasteiger partial charge < -0.3 is 9.47 Å². The van der Waals surface area contributed by atoms with Crippen molar-refractivity contribution in [1.82, 2.24) is 0 Å². The van der Waals surface area contributed by atoms with Crippen LogP contribution >= 0.6 is 11.6 Å². The van der Waals surface area contributed by atoms with E-state index in [1.165, 1.54) is 6.07 Å². The van der Waals surface area contributed by atoms with Crippen LogP contribution in [-0.2, 0) is 4.74 Å². The van der Waals surface area contributed by atoms with E-state index in [0.717, 1.165) is 6.07 Å². The van der Waals surface area contributed by atoms with Crippen LogP contribution in [0, 0.1) is 5.82 Å². The zero-order valence-corrected chi connectivity index (χ0v) is 9.81. The van der Waals surface area contributed by atoms with Crippen molar-refractivity contribution in [1.29, 1.82) is 0 Å². The van der Waals surface area contributed by atoms with E-state index in [4.69, 9.17) is 21.1 Å². The summed E-state index contributed by atoms with van der Waals surface area (Å²) in [7, 11) is 0. The number of carbonyl (C=O) groups excluding carboxylic acids is 1. The van der Waals surface area contributed by atoms with Gasteiger partial charge in [0, 0.05) is 0 Å². The highest BCUT2D eigenvalue weighted by molar-refractivity contribution is 6.35. The standard InChI is InChI=1S/C11H12ClFO3/c1-3-15-10-8(13)6-5-7(9(10)12)11(14)16-4-2/h5-6H,3-4H2,1-2H3. The van der Waals surface area contributed by atoms with Gasteiger partial charge in [0.15, 0.2) is 11.6 Å². The molecule has 88 valence electrons. The molecule has 0 spiro atoms. The highest BCUT2D eigenvalue weighted by Crippen LogP contribution is 2.31. The fraction of sp³-hybridized carbons (Fsp3) is 0.364. The second kappa shape index (κ2) is 5.70. The molecule has 0 aliphatic carbocycles. The van der Waals surface area contributed by atoms with E-state index in [1.54, 1.807) is 13.8 Å². The minimum absolute atomic E-state index is 0.0553. The van der Waals surface area contributed by atoms with Crippen molar-refractivity contribution in [2.45, 2.75) is 13.8 Å². The van der Waals surface area contributed by atoms with E-state index < -0.39 is 11.8 Å². The van der Waals surface area contributed by atoms with E-state index in [1.807, 2.05) is 0 Å². The normalized spacial score (nSPS) is 10.0. The second-order valence-electron chi connectivity index (χ2n) is 2.89. The summed E-state index contributed by atoms with van der Waals surface area (Å²) < 4.78 is 23.1. The first-order valence-electron chi connectivity index (χ1n) is 4.89. The molecule has 0 atom stereocenters. The molecule has 0 fully saturated rings. The molecule has 5 heteroatoms. The molecule has 3 nitrogen and oxygen atoms in total. The minimum atomic E-state index is -0.597. The predicted molar refractivity (Wildman–Crippen MR) is 58.5 cm³/mol. The third kappa shape index (κ3) is 2.64. The Morgan fingerprint density at radius 1 is 1.38 bits per heavy atom. The fourth-order valence-electron chi connectivity index (χ4n) is 1.18. The minimum Gasteiger partial charge on any atom is -0.489 e. The molecule has 0 N–H and O–H groups in total. The molecule has 0 aromatic heterocycles. The number of rotatable bonds is 4. The Kier molecular flexibility index (Phi) is 4.55. The summed E-state index contributed by atoms with van der Waals surface area (Å²) in [6, 6.07) is 2.40. The highest BCUT2D eigenvalue weighted by Gasteiger charge is 2.18. The fourth-order valence-corrected chi connectivity index (χ4v) is 1.46. The van der Waals surface area contributed by atoms with Crippen LogP contribution in [0.25, 0.3) is 0 Å². The maximum absolute atomic E-state index is 13.3. The Morgan fingerprint density at radius 2 is 2.06 bits per heavy atom.